The van der Waals surface area contributed by atoms with Crippen molar-refractivity contribution in [3.05, 3.63) is 23.8 Å². The van der Waals surface area contributed by atoms with E-state index in [2.05, 4.69) is 0 Å². The molecule has 3 saturated carbocycles. The number of carbonyl (C=O) groups is 2. The average molecular weight is 506 g/mol. The van der Waals surface area contributed by atoms with Crippen LogP contribution in [0, 0.1) is 28.6 Å². The Labute approximate surface area is 214 Å². The lowest BCUT2D eigenvalue weighted by Gasteiger charge is -2.62. The lowest BCUT2D eigenvalue weighted by atomic mass is 9.45. The molecule has 0 radical (unpaired) electrons. The molecule has 2 N–H and O–H groups in total. The SMILES string of the molecule is C/C=C\C(=C/C)CN1C[C@@H]2C[C@H]3C4CCC[C@](C)(CCC(C)=O)[C@@]4(F)[C@@H](O)C[C@]3(C)[C@]2(C(=O)CO)O1. The minimum Gasteiger partial charge on any atom is -0.390 e. The molecule has 0 amide bonds. The Morgan fingerprint density at radius 3 is 2.56 bits per heavy atom. The summed E-state index contributed by atoms with van der Waals surface area (Å²) in [5.74, 6) is -1.09. The van der Waals surface area contributed by atoms with Gasteiger partial charge in [0, 0.05) is 36.3 Å². The summed E-state index contributed by atoms with van der Waals surface area (Å²) >= 11 is 0. The summed E-state index contributed by atoms with van der Waals surface area (Å²) in [7, 11) is 0. The lowest BCUT2D eigenvalue weighted by molar-refractivity contribution is -0.272. The van der Waals surface area contributed by atoms with Crippen molar-refractivity contribution >= 4 is 11.6 Å². The molecule has 0 aromatic carbocycles. The second-order valence-electron chi connectivity index (χ2n) is 12.3. The van der Waals surface area contributed by atoms with Gasteiger partial charge in [0.1, 0.15) is 18.1 Å². The largest absolute Gasteiger partial charge is 0.390 e. The highest BCUT2D eigenvalue weighted by molar-refractivity contribution is 5.90. The summed E-state index contributed by atoms with van der Waals surface area (Å²) in [4.78, 5) is 31.8. The van der Waals surface area contributed by atoms with Gasteiger partial charge in [-0.3, -0.25) is 9.63 Å². The summed E-state index contributed by atoms with van der Waals surface area (Å²) in [5, 5.41) is 23.4. The first kappa shape index (κ1) is 27.6. The Hall–Kier alpha value is -1.41. The van der Waals surface area contributed by atoms with Crippen molar-refractivity contribution in [2.45, 2.75) is 96.9 Å². The second-order valence-corrected chi connectivity index (χ2v) is 12.3. The Balaban J connectivity index is 1.71. The monoisotopic (exact) mass is 505 g/mol. The number of rotatable bonds is 8. The molecule has 8 atom stereocenters. The molecule has 4 fully saturated rings. The molecule has 4 aliphatic rings. The summed E-state index contributed by atoms with van der Waals surface area (Å²) in [6.45, 7) is 9.71. The van der Waals surface area contributed by atoms with Crippen molar-refractivity contribution in [3.8, 4) is 0 Å². The van der Waals surface area contributed by atoms with Gasteiger partial charge in [0.15, 0.2) is 11.4 Å². The van der Waals surface area contributed by atoms with Crippen LogP contribution in [0.15, 0.2) is 23.8 Å². The molecule has 202 valence electrons. The Bertz CT molecular complexity index is 950. The fourth-order valence-electron chi connectivity index (χ4n) is 8.75. The number of nitrogens with zero attached hydrogens (tertiary/aromatic N) is 1. The van der Waals surface area contributed by atoms with Gasteiger partial charge in [-0.15, -0.1) is 0 Å². The Kier molecular flexibility index (Phi) is 7.46. The predicted molar refractivity (Wildman–Crippen MR) is 136 cm³/mol. The Morgan fingerprint density at radius 2 is 1.94 bits per heavy atom. The van der Waals surface area contributed by atoms with Gasteiger partial charge < -0.3 is 15.0 Å². The standard InChI is InChI=1S/C29H44FNO5/c1-6-9-20(7-2)16-31-17-21-14-23-22-10-8-12-26(4,13-11-19(3)33)28(22,30)24(34)15-27(23,5)29(21,36-31)25(35)18-32/h6-7,9,21-24,32,34H,8,10-18H2,1-5H3/b9-6-,20-7+/t21-,22?,23-,24-,26+,27-,28-,29-/m0/s1. The van der Waals surface area contributed by atoms with Gasteiger partial charge in [-0.2, -0.15) is 5.06 Å². The van der Waals surface area contributed by atoms with E-state index in [4.69, 9.17) is 4.84 Å². The van der Waals surface area contributed by atoms with Crippen LogP contribution in [0.2, 0.25) is 0 Å². The van der Waals surface area contributed by atoms with Crippen molar-refractivity contribution in [2.75, 3.05) is 19.7 Å². The normalized spacial score (nSPS) is 44.9. The van der Waals surface area contributed by atoms with E-state index >= 15 is 4.39 Å². The van der Waals surface area contributed by atoms with E-state index < -0.39 is 40.7 Å². The van der Waals surface area contributed by atoms with Crippen molar-refractivity contribution in [2.24, 2.45) is 28.6 Å². The highest BCUT2D eigenvalue weighted by Gasteiger charge is 2.78. The van der Waals surface area contributed by atoms with E-state index in [1.165, 1.54) is 6.92 Å². The zero-order chi connectivity index (χ0) is 26.5. The molecule has 1 saturated heterocycles. The molecule has 7 heteroatoms. The van der Waals surface area contributed by atoms with Gasteiger partial charge >= 0.3 is 0 Å². The number of ketones is 2. The molecular formula is C29H44FNO5. The van der Waals surface area contributed by atoms with Crippen LogP contribution in [0.25, 0.3) is 0 Å². The maximum absolute atomic E-state index is 17.3. The van der Waals surface area contributed by atoms with Gasteiger partial charge in [0.05, 0.1) is 6.10 Å². The van der Waals surface area contributed by atoms with Crippen LogP contribution in [0.1, 0.15) is 79.6 Å². The first-order valence-corrected chi connectivity index (χ1v) is 13.7. The highest BCUT2D eigenvalue weighted by Crippen LogP contribution is 2.72. The molecule has 0 bridgehead atoms. The fraction of sp³-hybridized carbons (Fsp3) is 0.793. The molecule has 1 unspecified atom stereocenters. The number of aliphatic hydroxyl groups excluding tert-OH is 2. The minimum absolute atomic E-state index is 0.0342. The van der Waals surface area contributed by atoms with E-state index in [0.717, 1.165) is 12.0 Å². The maximum Gasteiger partial charge on any atom is 0.192 e. The van der Waals surface area contributed by atoms with E-state index in [1.54, 1.807) is 0 Å². The van der Waals surface area contributed by atoms with E-state index in [-0.39, 0.29) is 29.8 Å². The molecule has 0 aromatic rings. The van der Waals surface area contributed by atoms with Gasteiger partial charge in [0.2, 0.25) is 0 Å². The van der Waals surface area contributed by atoms with Gasteiger partial charge in [0.25, 0.3) is 0 Å². The van der Waals surface area contributed by atoms with Crippen molar-refractivity contribution in [3.63, 3.8) is 0 Å². The third kappa shape index (κ3) is 3.79. The number of allylic oxidation sites excluding steroid dienone is 2. The molecule has 1 heterocycles. The van der Waals surface area contributed by atoms with Crippen LogP contribution in [-0.4, -0.2) is 63.9 Å². The van der Waals surface area contributed by atoms with Gasteiger partial charge in [-0.1, -0.05) is 38.5 Å². The molecular weight excluding hydrogens is 461 g/mol. The summed E-state index contributed by atoms with van der Waals surface area (Å²) in [6, 6.07) is 0. The zero-order valence-corrected chi connectivity index (χ0v) is 22.6. The predicted octanol–water partition coefficient (Wildman–Crippen LogP) is 4.35. The summed E-state index contributed by atoms with van der Waals surface area (Å²) in [5.41, 5.74) is -3.64. The number of fused-ring (bicyclic) bond motifs is 5. The molecule has 0 aromatic heterocycles. The number of aliphatic hydroxyl groups is 2. The number of halogens is 1. The molecule has 6 nitrogen and oxygen atoms in total. The average Bonchev–Trinajstić information content (AvgIpc) is 3.31. The molecule has 1 aliphatic heterocycles. The number of hydroxylamine groups is 2. The number of alkyl halides is 1. The molecule has 36 heavy (non-hydrogen) atoms. The second kappa shape index (κ2) is 9.72. The fourth-order valence-corrected chi connectivity index (χ4v) is 8.75. The van der Waals surface area contributed by atoms with Crippen molar-refractivity contribution in [1.82, 2.24) is 5.06 Å². The highest BCUT2D eigenvalue weighted by atomic mass is 19.1. The number of Topliss-reactive ketones (excluding diaryl/α,β-unsaturated/α-hetero) is 2. The van der Waals surface area contributed by atoms with Crippen LogP contribution < -0.4 is 0 Å². The van der Waals surface area contributed by atoms with E-state index in [0.29, 0.717) is 45.2 Å². The molecule has 0 spiro atoms. The zero-order valence-electron chi connectivity index (χ0n) is 22.6. The number of hydrogen-bond donors (Lipinski definition) is 2. The van der Waals surface area contributed by atoms with E-state index in [1.807, 2.05) is 51.0 Å². The maximum atomic E-state index is 17.3. The first-order chi connectivity index (χ1) is 16.9. The van der Waals surface area contributed by atoms with Crippen LogP contribution in [0.4, 0.5) is 4.39 Å². The van der Waals surface area contributed by atoms with Gasteiger partial charge in [-0.05, 0) is 70.3 Å². The van der Waals surface area contributed by atoms with Crippen molar-refractivity contribution in [1.29, 1.82) is 0 Å². The lowest BCUT2D eigenvalue weighted by Crippen LogP contribution is -2.69. The third-order valence-corrected chi connectivity index (χ3v) is 10.5. The van der Waals surface area contributed by atoms with Crippen LogP contribution in [-0.2, 0) is 14.4 Å². The first-order valence-electron chi connectivity index (χ1n) is 13.7. The van der Waals surface area contributed by atoms with Crippen LogP contribution in [0.3, 0.4) is 0 Å². The van der Waals surface area contributed by atoms with E-state index in [9.17, 15) is 19.8 Å². The third-order valence-electron chi connectivity index (χ3n) is 10.5. The smallest absolute Gasteiger partial charge is 0.192 e. The molecule has 3 aliphatic carbocycles. The summed E-state index contributed by atoms with van der Waals surface area (Å²) < 4.78 is 17.3. The Morgan fingerprint density at radius 1 is 1.22 bits per heavy atom. The van der Waals surface area contributed by atoms with Gasteiger partial charge in [-0.25, -0.2) is 4.39 Å². The quantitative estimate of drug-likeness (QED) is 0.477. The van der Waals surface area contributed by atoms with Crippen molar-refractivity contribution < 1.29 is 29.0 Å². The summed E-state index contributed by atoms with van der Waals surface area (Å²) in [6.07, 6.45) is 8.27. The van der Waals surface area contributed by atoms with Crippen LogP contribution >= 0.6 is 0 Å². The topological polar surface area (TPSA) is 87.1 Å². The minimum atomic E-state index is -1.82. The number of hydrogen-bond acceptors (Lipinski definition) is 6. The molecule has 4 rings (SSSR count). The number of carbonyl (C=O) groups excluding carboxylic acids is 2. The van der Waals surface area contributed by atoms with Crippen LogP contribution in [0.5, 0.6) is 0 Å².